The second kappa shape index (κ2) is 5.14. The fraction of sp³-hybridized carbons (Fsp3) is 0.188. The van der Waals surface area contributed by atoms with Gasteiger partial charge in [-0.2, -0.15) is 0 Å². The second-order valence-corrected chi connectivity index (χ2v) is 4.74. The molecule has 3 nitrogen and oxygen atoms in total. The van der Waals surface area contributed by atoms with Gasteiger partial charge in [-0.25, -0.2) is 0 Å². The van der Waals surface area contributed by atoms with Gasteiger partial charge in [-0.15, -0.1) is 0 Å². The minimum absolute atomic E-state index is 0.0134. The van der Waals surface area contributed by atoms with Crippen LogP contribution in [0, 0.1) is 6.92 Å². The molecule has 0 aromatic heterocycles. The Morgan fingerprint density at radius 2 is 1.74 bits per heavy atom. The first-order valence-corrected chi connectivity index (χ1v) is 6.11. The van der Waals surface area contributed by atoms with Crippen LogP contribution in [0.25, 0.3) is 0 Å². The summed E-state index contributed by atoms with van der Waals surface area (Å²) >= 11 is 0. The highest BCUT2D eigenvalue weighted by atomic mass is 16.3. The predicted octanol–water partition coefficient (Wildman–Crippen LogP) is 3.00. The summed E-state index contributed by atoms with van der Waals surface area (Å²) in [7, 11) is 3.77. The van der Waals surface area contributed by atoms with E-state index in [1.54, 1.807) is 18.2 Å². The van der Waals surface area contributed by atoms with Gasteiger partial charge in [-0.05, 0) is 24.6 Å². The first kappa shape index (κ1) is 13.1. The summed E-state index contributed by atoms with van der Waals surface area (Å²) in [6.45, 7) is 1.89. The van der Waals surface area contributed by atoms with Crippen LogP contribution in [-0.4, -0.2) is 25.0 Å². The Hall–Kier alpha value is -2.29. The van der Waals surface area contributed by atoms with Gasteiger partial charge in [0.2, 0.25) is 0 Å². The highest BCUT2D eigenvalue weighted by molar-refractivity contribution is 6.11. The summed E-state index contributed by atoms with van der Waals surface area (Å²) in [5, 5.41) is 10.0. The van der Waals surface area contributed by atoms with Crippen LogP contribution in [0.15, 0.2) is 42.5 Å². The van der Waals surface area contributed by atoms with Crippen molar-refractivity contribution in [2.24, 2.45) is 0 Å². The van der Waals surface area contributed by atoms with Crippen molar-refractivity contribution in [3.8, 4) is 5.75 Å². The Kier molecular flexibility index (Phi) is 3.56. The van der Waals surface area contributed by atoms with Crippen molar-refractivity contribution in [3.63, 3.8) is 0 Å². The number of rotatable bonds is 3. The molecule has 0 aliphatic heterocycles. The standard InChI is InChI=1S/C16H17NO2/c1-11-6-4-5-7-13(11)16(19)14-9-8-12(17(2)3)10-15(14)18/h4-10,18H,1-3H3. The topological polar surface area (TPSA) is 40.5 Å². The van der Waals surface area contributed by atoms with E-state index in [9.17, 15) is 9.90 Å². The summed E-state index contributed by atoms with van der Waals surface area (Å²) in [4.78, 5) is 14.3. The van der Waals surface area contributed by atoms with Crippen LogP contribution < -0.4 is 4.90 Å². The van der Waals surface area contributed by atoms with Crippen LogP contribution in [0.3, 0.4) is 0 Å². The molecule has 2 aromatic rings. The smallest absolute Gasteiger partial charge is 0.197 e. The molecule has 1 N–H and O–H groups in total. The summed E-state index contributed by atoms with van der Waals surface area (Å²) in [5.74, 6) is -0.139. The van der Waals surface area contributed by atoms with Crippen molar-refractivity contribution in [1.82, 2.24) is 0 Å². The highest BCUT2D eigenvalue weighted by Gasteiger charge is 2.15. The zero-order valence-electron chi connectivity index (χ0n) is 11.3. The molecule has 2 rings (SSSR count). The number of phenols is 1. The summed E-state index contributed by atoms with van der Waals surface area (Å²) in [6, 6.07) is 12.5. The molecule has 0 unspecified atom stereocenters. The van der Waals surface area contributed by atoms with Gasteiger partial charge in [0.15, 0.2) is 5.78 Å². The Balaban J connectivity index is 2.43. The van der Waals surface area contributed by atoms with Gasteiger partial charge < -0.3 is 10.0 Å². The molecule has 0 spiro atoms. The van der Waals surface area contributed by atoms with Gasteiger partial charge in [0, 0.05) is 31.4 Å². The molecule has 0 aliphatic rings. The predicted molar refractivity (Wildman–Crippen MR) is 77.0 cm³/mol. The number of hydrogen-bond donors (Lipinski definition) is 1. The number of ketones is 1. The van der Waals surface area contributed by atoms with Crippen LogP contribution in [0.1, 0.15) is 21.5 Å². The van der Waals surface area contributed by atoms with E-state index in [0.717, 1.165) is 11.3 Å². The highest BCUT2D eigenvalue weighted by Crippen LogP contribution is 2.26. The molecule has 0 saturated carbocycles. The summed E-state index contributed by atoms with van der Waals surface area (Å²) < 4.78 is 0. The van der Waals surface area contributed by atoms with Crippen LogP contribution in [0.4, 0.5) is 5.69 Å². The fourth-order valence-corrected chi connectivity index (χ4v) is 1.96. The third-order valence-electron chi connectivity index (χ3n) is 3.13. The molecule has 0 fully saturated rings. The average Bonchev–Trinajstić information content (AvgIpc) is 2.38. The minimum Gasteiger partial charge on any atom is -0.507 e. The molecular weight excluding hydrogens is 238 g/mol. The SMILES string of the molecule is Cc1ccccc1C(=O)c1ccc(N(C)C)cc1O. The molecule has 0 amide bonds. The van der Waals surface area contributed by atoms with Crippen LogP contribution >= 0.6 is 0 Å². The Bertz CT molecular complexity index is 618. The molecule has 0 saturated heterocycles. The molecule has 19 heavy (non-hydrogen) atoms. The molecule has 0 radical (unpaired) electrons. The summed E-state index contributed by atoms with van der Waals surface area (Å²) in [6.07, 6.45) is 0. The lowest BCUT2D eigenvalue weighted by Gasteiger charge is -2.14. The molecule has 3 heteroatoms. The molecule has 0 atom stereocenters. The maximum Gasteiger partial charge on any atom is 0.197 e. The quantitative estimate of drug-likeness (QED) is 0.857. The zero-order valence-corrected chi connectivity index (χ0v) is 11.3. The number of anilines is 1. The van der Waals surface area contributed by atoms with Gasteiger partial charge in [-0.3, -0.25) is 4.79 Å². The van der Waals surface area contributed by atoms with Crippen LogP contribution in [0.5, 0.6) is 5.75 Å². The van der Waals surface area contributed by atoms with Gasteiger partial charge in [0.1, 0.15) is 5.75 Å². The first-order chi connectivity index (χ1) is 9.00. The third-order valence-corrected chi connectivity index (χ3v) is 3.13. The average molecular weight is 255 g/mol. The lowest BCUT2D eigenvalue weighted by molar-refractivity contribution is 0.103. The van der Waals surface area contributed by atoms with E-state index >= 15 is 0 Å². The molecule has 0 bridgehead atoms. The fourth-order valence-electron chi connectivity index (χ4n) is 1.96. The van der Waals surface area contributed by atoms with E-state index in [1.807, 2.05) is 50.2 Å². The van der Waals surface area contributed by atoms with Crippen molar-refractivity contribution in [1.29, 1.82) is 0 Å². The number of nitrogens with zero attached hydrogens (tertiary/aromatic N) is 1. The van der Waals surface area contributed by atoms with E-state index in [0.29, 0.717) is 11.1 Å². The van der Waals surface area contributed by atoms with Gasteiger partial charge >= 0.3 is 0 Å². The summed E-state index contributed by atoms with van der Waals surface area (Å²) in [5.41, 5.74) is 2.72. The number of aromatic hydroxyl groups is 1. The van der Waals surface area contributed by atoms with Gasteiger partial charge in [0.25, 0.3) is 0 Å². The van der Waals surface area contributed by atoms with E-state index < -0.39 is 0 Å². The van der Waals surface area contributed by atoms with E-state index in [-0.39, 0.29) is 11.5 Å². The molecule has 2 aromatic carbocycles. The molecular formula is C16H17NO2. The monoisotopic (exact) mass is 255 g/mol. The van der Waals surface area contributed by atoms with Crippen LogP contribution in [-0.2, 0) is 0 Å². The largest absolute Gasteiger partial charge is 0.507 e. The van der Waals surface area contributed by atoms with E-state index in [1.165, 1.54) is 0 Å². The Labute approximate surface area is 113 Å². The Morgan fingerprint density at radius 1 is 1.05 bits per heavy atom. The van der Waals surface area contributed by atoms with Gasteiger partial charge in [-0.1, -0.05) is 24.3 Å². The van der Waals surface area contributed by atoms with Crippen molar-refractivity contribution in [2.75, 3.05) is 19.0 Å². The lowest BCUT2D eigenvalue weighted by Crippen LogP contribution is -2.09. The zero-order chi connectivity index (χ0) is 14.0. The van der Waals surface area contributed by atoms with Crippen molar-refractivity contribution < 1.29 is 9.90 Å². The first-order valence-electron chi connectivity index (χ1n) is 6.11. The number of benzene rings is 2. The van der Waals surface area contributed by atoms with Crippen molar-refractivity contribution in [3.05, 3.63) is 59.2 Å². The van der Waals surface area contributed by atoms with Crippen molar-refractivity contribution >= 4 is 11.5 Å². The third kappa shape index (κ3) is 2.60. The van der Waals surface area contributed by atoms with Gasteiger partial charge in [0.05, 0.1) is 5.56 Å². The molecule has 0 aliphatic carbocycles. The number of phenolic OH excluding ortho intramolecular Hbond substituents is 1. The van der Waals surface area contributed by atoms with Crippen molar-refractivity contribution in [2.45, 2.75) is 6.92 Å². The normalized spacial score (nSPS) is 10.3. The number of carbonyl (C=O) groups is 1. The number of carbonyl (C=O) groups excluding carboxylic acids is 1. The Morgan fingerprint density at radius 3 is 2.32 bits per heavy atom. The van der Waals surface area contributed by atoms with E-state index in [2.05, 4.69) is 0 Å². The number of aryl methyl sites for hydroxylation is 1. The maximum absolute atomic E-state index is 12.4. The second-order valence-electron chi connectivity index (χ2n) is 4.74. The lowest BCUT2D eigenvalue weighted by atomic mass is 9.98. The minimum atomic E-state index is -0.152. The van der Waals surface area contributed by atoms with E-state index in [4.69, 9.17) is 0 Å². The molecule has 98 valence electrons. The van der Waals surface area contributed by atoms with Crippen LogP contribution in [0.2, 0.25) is 0 Å². The maximum atomic E-state index is 12.4. The number of hydrogen-bond acceptors (Lipinski definition) is 3. The molecule has 0 heterocycles.